The Bertz CT molecular complexity index is 586. The Labute approximate surface area is 123 Å². The van der Waals surface area contributed by atoms with Gasteiger partial charge in [-0.3, -0.25) is 0 Å². The Morgan fingerprint density at radius 3 is 2.81 bits per heavy atom. The molecule has 2 aromatic rings. The molecule has 0 bridgehead atoms. The van der Waals surface area contributed by atoms with Gasteiger partial charge in [0.2, 0.25) is 0 Å². The van der Waals surface area contributed by atoms with Gasteiger partial charge in [-0.25, -0.2) is 4.39 Å². The summed E-state index contributed by atoms with van der Waals surface area (Å²) in [6.07, 6.45) is 0. The second-order valence-electron chi connectivity index (χ2n) is 4.71. The van der Waals surface area contributed by atoms with E-state index >= 15 is 0 Å². The number of methoxy groups -OCH3 is 1. The van der Waals surface area contributed by atoms with Crippen molar-refractivity contribution in [3.05, 3.63) is 47.1 Å². The molecule has 2 rings (SSSR count). The molecule has 0 fully saturated rings. The van der Waals surface area contributed by atoms with E-state index in [1.54, 1.807) is 19.2 Å². The van der Waals surface area contributed by atoms with Gasteiger partial charge in [0.05, 0.1) is 0 Å². The summed E-state index contributed by atoms with van der Waals surface area (Å²) in [5.41, 5.74) is 1.46. The zero-order valence-electron chi connectivity index (χ0n) is 12.4. The van der Waals surface area contributed by atoms with Gasteiger partial charge in [-0.15, -0.1) is 0 Å². The number of halogens is 1. The van der Waals surface area contributed by atoms with Gasteiger partial charge in [-0.2, -0.15) is 0 Å². The first-order valence-corrected chi connectivity index (χ1v) is 6.67. The van der Waals surface area contributed by atoms with Crippen molar-refractivity contribution in [3.8, 4) is 5.75 Å². The molecule has 21 heavy (non-hydrogen) atoms. The molecule has 0 aliphatic carbocycles. The van der Waals surface area contributed by atoms with Crippen LogP contribution in [0.3, 0.4) is 0 Å². The van der Waals surface area contributed by atoms with Crippen LogP contribution >= 0.6 is 0 Å². The fourth-order valence-electron chi connectivity index (χ4n) is 1.86. The number of aromatic nitrogens is 1. The van der Waals surface area contributed by atoms with Crippen LogP contribution in [0.2, 0.25) is 0 Å². The fraction of sp³-hybridized carbons (Fsp3) is 0.400. The van der Waals surface area contributed by atoms with Gasteiger partial charge < -0.3 is 19.3 Å². The Morgan fingerprint density at radius 2 is 2.14 bits per heavy atom. The number of rotatable bonds is 7. The van der Waals surface area contributed by atoms with E-state index in [2.05, 4.69) is 10.5 Å². The number of benzene rings is 1. The average molecular weight is 294 g/mol. The summed E-state index contributed by atoms with van der Waals surface area (Å²) in [6.45, 7) is 2.45. The van der Waals surface area contributed by atoms with Crippen LogP contribution in [-0.2, 0) is 18.0 Å². The number of nitrogens with one attached hydrogen (secondary N) is 1. The number of hydrogen-bond donors (Lipinski definition) is 1. The zero-order valence-corrected chi connectivity index (χ0v) is 12.4. The molecular weight excluding hydrogens is 275 g/mol. The number of hydrogen-bond acceptors (Lipinski definition) is 5. The highest BCUT2D eigenvalue weighted by Crippen LogP contribution is 2.22. The highest BCUT2D eigenvalue weighted by atomic mass is 19.1. The van der Waals surface area contributed by atoms with Crippen molar-refractivity contribution in [1.29, 1.82) is 0 Å². The van der Waals surface area contributed by atoms with Crippen LogP contribution in [-0.4, -0.2) is 19.3 Å². The summed E-state index contributed by atoms with van der Waals surface area (Å²) < 4.78 is 29.3. The Hall–Kier alpha value is -1.92. The van der Waals surface area contributed by atoms with Gasteiger partial charge in [-0.05, 0) is 31.7 Å². The summed E-state index contributed by atoms with van der Waals surface area (Å²) >= 11 is 0. The summed E-state index contributed by atoms with van der Waals surface area (Å²) in [5, 5.41) is 6.88. The van der Waals surface area contributed by atoms with Gasteiger partial charge in [-0.1, -0.05) is 11.2 Å². The van der Waals surface area contributed by atoms with Crippen LogP contribution in [0.25, 0.3) is 0 Å². The van der Waals surface area contributed by atoms with Gasteiger partial charge >= 0.3 is 0 Å². The lowest BCUT2D eigenvalue weighted by Gasteiger charge is -2.12. The van der Waals surface area contributed by atoms with E-state index in [1.807, 2.05) is 20.0 Å². The summed E-state index contributed by atoms with van der Waals surface area (Å²) in [4.78, 5) is 0. The molecule has 1 aromatic heterocycles. The second kappa shape index (κ2) is 7.19. The molecule has 1 aromatic carbocycles. The number of ether oxygens (including phenoxy) is 2. The normalized spacial score (nSPS) is 12.4. The van der Waals surface area contributed by atoms with E-state index in [9.17, 15) is 4.39 Å². The van der Waals surface area contributed by atoms with Crippen LogP contribution in [0, 0.1) is 5.82 Å². The first-order chi connectivity index (χ1) is 10.1. The molecule has 1 heterocycles. The van der Waals surface area contributed by atoms with E-state index in [4.69, 9.17) is 14.0 Å². The minimum Gasteiger partial charge on any atom is -0.484 e. The maximum absolute atomic E-state index is 14.0. The average Bonchev–Trinajstić information content (AvgIpc) is 2.93. The summed E-state index contributed by atoms with van der Waals surface area (Å²) in [7, 11) is 3.40. The quantitative estimate of drug-likeness (QED) is 0.851. The minimum atomic E-state index is -0.393. The molecule has 0 radical (unpaired) electrons. The maximum Gasteiger partial charge on any atom is 0.165 e. The SMILES string of the molecule is CNC(C)c1ccc(OCc2cc(COC)on2)c(F)c1. The lowest BCUT2D eigenvalue weighted by atomic mass is 10.1. The Kier molecular flexibility index (Phi) is 5.30. The number of nitrogens with zero attached hydrogens (tertiary/aromatic N) is 1. The predicted octanol–water partition coefficient (Wildman–Crippen LogP) is 2.82. The molecule has 0 aliphatic rings. The van der Waals surface area contributed by atoms with Crippen LogP contribution in [0.1, 0.15) is 30.0 Å². The van der Waals surface area contributed by atoms with Crippen molar-refractivity contribution in [2.24, 2.45) is 0 Å². The van der Waals surface area contributed by atoms with Crippen molar-refractivity contribution < 1.29 is 18.4 Å². The summed E-state index contributed by atoms with van der Waals surface area (Å²) in [5.74, 6) is 0.406. The Balaban J connectivity index is 1.99. The van der Waals surface area contributed by atoms with E-state index in [-0.39, 0.29) is 18.4 Å². The lowest BCUT2D eigenvalue weighted by Crippen LogP contribution is -2.12. The highest BCUT2D eigenvalue weighted by molar-refractivity contribution is 5.31. The molecular formula is C15H19FN2O3. The van der Waals surface area contributed by atoms with Crippen LogP contribution in [0.4, 0.5) is 4.39 Å². The first-order valence-electron chi connectivity index (χ1n) is 6.67. The molecule has 0 spiro atoms. The molecule has 1 atom stereocenters. The monoisotopic (exact) mass is 294 g/mol. The van der Waals surface area contributed by atoms with Gasteiger partial charge in [0, 0.05) is 19.2 Å². The highest BCUT2D eigenvalue weighted by Gasteiger charge is 2.10. The molecule has 0 saturated carbocycles. The third-order valence-electron chi connectivity index (χ3n) is 3.16. The maximum atomic E-state index is 14.0. The Morgan fingerprint density at radius 1 is 1.33 bits per heavy atom. The van der Waals surface area contributed by atoms with Gasteiger partial charge in [0.25, 0.3) is 0 Å². The standard InChI is InChI=1S/C15H19FN2O3/c1-10(17-2)11-4-5-15(14(16)6-11)20-8-12-7-13(9-19-3)21-18-12/h4-7,10,17H,8-9H2,1-3H3. The van der Waals surface area contributed by atoms with Crippen LogP contribution < -0.4 is 10.1 Å². The minimum absolute atomic E-state index is 0.0840. The van der Waals surface area contributed by atoms with Crippen LogP contribution in [0.15, 0.2) is 28.8 Å². The smallest absolute Gasteiger partial charge is 0.165 e. The van der Waals surface area contributed by atoms with Crippen molar-refractivity contribution in [1.82, 2.24) is 10.5 Å². The first kappa shape index (κ1) is 15.5. The molecule has 0 aliphatic heterocycles. The molecule has 5 nitrogen and oxygen atoms in total. The van der Waals surface area contributed by atoms with Gasteiger partial charge in [0.1, 0.15) is 18.9 Å². The largest absolute Gasteiger partial charge is 0.484 e. The van der Waals surface area contributed by atoms with Crippen molar-refractivity contribution in [3.63, 3.8) is 0 Å². The van der Waals surface area contributed by atoms with Crippen LogP contribution in [0.5, 0.6) is 5.75 Å². The molecule has 0 saturated heterocycles. The van der Waals surface area contributed by atoms with E-state index in [0.717, 1.165) is 5.56 Å². The third-order valence-corrected chi connectivity index (χ3v) is 3.16. The van der Waals surface area contributed by atoms with E-state index in [1.165, 1.54) is 6.07 Å². The van der Waals surface area contributed by atoms with E-state index < -0.39 is 5.82 Å². The molecule has 1 unspecified atom stereocenters. The molecule has 6 heteroatoms. The topological polar surface area (TPSA) is 56.5 Å². The fourth-order valence-corrected chi connectivity index (χ4v) is 1.86. The molecule has 0 amide bonds. The molecule has 114 valence electrons. The second-order valence-corrected chi connectivity index (χ2v) is 4.71. The van der Waals surface area contributed by atoms with E-state index in [0.29, 0.717) is 18.1 Å². The predicted molar refractivity (Wildman–Crippen MR) is 75.4 cm³/mol. The van der Waals surface area contributed by atoms with Crippen molar-refractivity contribution >= 4 is 0 Å². The third kappa shape index (κ3) is 4.03. The van der Waals surface area contributed by atoms with Gasteiger partial charge in [0.15, 0.2) is 17.3 Å². The van der Waals surface area contributed by atoms with Crippen molar-refractivity contribution in [2.45, 2.75) is 26.2 Å². The summed E-state index contributed by atoms with van der Waals surface area (Å²) in [6, 6.07) is 6.72. The molecule has 1 N–H and O–H groups in total. The zero-order chi connectivity index (χ0) is 15.2. The lowest BCUT2D eigenvalue weighted by molar-refractivity contribution is 0.155. The van der Waals surface area contributed by atoms with Crippen molar-refractivity contribution in [2.75, 3.05) is 14.2 Å².